The second kappa shape index (κ2) is 12.1. The van der Waals surface area contributed by atoms with Gasteiger partial charge >= 0.3 is 12.0 Å². The monoisotopic (exact) mass is 461 g/mol. The van der Waals surface area contributed by atoms with Gasteiger partial charge < -0.3 is 10.0 Å². The highest BCUT2D eigenvalue weighted by atomic mass is 32.2. The van der Waals surface area contributed by atoms with Crippen molar-refractivity contribution in [3.8, 4) is 0 Å². The van der Waals surface area contributed by atoms with E-state index in [1.165, 1.54) is 47.9 Å². The summed E-state index contributed by atoms with van der Waals surface area (Å²) in [6.07, 6.45) is 8.31. The molecule has 2 amide bonds. The standard InChI is InChI=1S/C23H31N3O3S2/c1-2-17-8-10-19(11-9-17)26(14-12-18-6-4-3-5-7-18)23(29)25-22-24-16-21(31-22)30-15-13-20(27)28/h3-7,16-17,19H,2,8-15H2,1H3,(H,27,28)(H,24,25,29)/t17-,19-. The number of thioether (sulfide) groups is 1. The third-order valence-corrected chi connectivity index (χ3v) is 7.95. The van der Waals surface area contributed by atoms with Gasteiger partial charge in [0.05, 0.1) is 16.8 Å². The molecule has 0 bridgehead atoms. The van der Waals surface area contributed by atoms with Gasteiger partial charge in [-0.15, -0.1) is 11.8 Å². The zero-order valence-electron chi connectivity index (χ0n) is 18.0. The third-order valence-electron chi connectivity index (χ3n) is 5.84. The molecule has 0 aliphatic heterocycles. The van der Waals surface area contributed by atoms with E-state index in [1.54, 1.807) is 6.20 Å². The number of urea groups is 1. The second-order valence-corrected chi connectivity index (χ2v) is 10.3. The molecule has 0 saturated heterocycles. The summed E-state index contributed by atoms with van der Waals surface area (Å²) in [7, 11) is 0. The van der Waals surface area contributed by atoms with Crippen molar-refractivity contribution in [2.45, 2.75) is 62.1 Å². The molecule has 1 fully saturated rings. The largest absolute Gasteiger partial charge is 0.481 e. The van der Waals surface area contributed by atoms with Crippen molar-refractivity contribution < 1.29 is 14.7 Å². The average molecular weight is 462 g/mol. The second-order valence-electron chi connectivity index (χ2n) is 7.92. The number of carbonyl (C=O) groups excluding carboxylic acids is 1. The van der Waals surface area contributed by atoms with Gasteiger partial charge in [0.15, 0.2) is 5.13 Å². The minimum Gasteiger partial charge on any atom is -0.481 e. The molecule has 1 aromatic carbocycles. The van der Waals surface area contributed by atoms with Crippen LogP contribution in [0.4, 0.5) is 9.93 Å². The number of thiazole rings is 1. The summed E-state index contributed by atoms with van der Waals surface area (Å²) >= 11 is 2.85. The predicted octanol–water partition coefficient (Wildman–Crippen LogP) is 5.76. The molecule has 6 nitrogen and oxygen atoms in total. The van der Waals surface area contributed by atoms with E-state index in [1.807, 2.05) is 23.1 Å². The van der Waals surface area contributed by atoms with Crippen LogP contribution in [0.25, 0.3) is 0 Å². The number of hydrogen-bond acceptors (Lipinski definition) is 5. The highest BCUT2D eigenvalue weighted by molar-refractivity contribution is 8.01. The fraction of sp³-hybridized carbons (Fsp3) is 0.522. The zero-order chi connectivity index (χ0) is 22.1. The van der Waals surface area contributed by atoms with E-state index >= 15 is 0 Å². The van der Waals surface area contributed by atoms with Crippen molar-refractivity contribution >= 4 is 40.2 Å². The minimum atomic E-state index is -0.808. The van der Waals surface area contributed by atoms with E-state index in [0.29, 0.717) is 17.4 Å². The first-order valence-electron chi connectivity index (χ1n) is 11.0. The summed E-state index contributed by atoms with van der Waals surface area (Å²) < 4.78 is 0.913. The van der Waals surface area contributed by atoms with Crippen molar-refractivity contribution in [1.29, 1.82) is 0 Å². The molecule has 0 unspecified atom stereocenters. The van der Waals surface area contributed by atoms with Crippen LogP contribution in [-0.4, -0.2) is 45.3 Å². The number of carbonyl (C=O) groups is 2. The van der Waals surface area contributed by atoms with E-state index < -0.39 is 5.97 Å². The number of hydrogen-bond donors (Lipinski definition) is 2. The Labute approximate surface area is 192 Å². The molecule has 2 N–H and O–H groups in total. The van der Waals surface area contributed by atoms with E-state index in [0.717, 1.165) is 29.4 Å². The fourth-order valence-corrected chi connectivity index (χ4v) is 5.86. The lowest BCUT2D eigenvalue weighted by Gasteiger charge is -2.36. The molecule has 1 aromatic heterocycles. The molecule has 0 atom stereocenters. The molecule has 3 rings (SSSR count). The van der Waals surface area contributed by atoms with Crippen LogP contribution in [-0.2, 0) is 11.2 Å². The molecule has 1 aliphatic rings. The van der Waals surface area contributed by atoms with Crippen molar-refractivity contribution in [3.05, 3.63) is 42.1 Å². The molecule has 2 aromatic rings. The van der Waals surface area contributed by atoms with Crippen LogP contribution in [0, 0.1) is 5.92 Å². The fourth-order valence-electron chi connectivity index (χ4n) is 3.99. The number of carboxylic acids is 1. The Bertz CT molecular complexity index is 836. The zero-order valence-corrected chi connectivity index (χ0v) is 19.6. The Balaban J connectivity index is 1.61. The van der Waals surface area contributed by atoms with Gasteiger partial charge in [0.2, 0.25) is 0 Å². The first-order valence-corrected chi connectivity index (χ1v) is 12.8. The number of nitrogens with zero attached hydrogens (tertiary/aromatic N) is 2. The number of nitrogens with one attached hydrogen (secondary N) is 1. The summed E-state index contributed by atoms with van der Waals surface area (Å²) in [6.45, 7) is 2.93. The molecule has 1 saturated carbocycles. The quantitative estimate of drug-likeness (QED) is 0.440. The molecule has 0 radical (unpaired) electrons. The Morgan fingerprint density at radius 1 is 1.23 bits per heavy atom. The lowest BCUT2D eigenvalue weighted by Crippen LogP contribution is -2.45. The first kappa shape index (κ1) is 23.6. The Hall–Kier alpha value is -2.06. The Kier molecular flexibility index (Phi) is 9.21. The van der Waals surface area contributed by atoms with Crippen LogP contribution >= 0.6 is 23.1 Å². The third kappa shape index (κ3) is 7.54. The number of anilines is 1. The highest BCUT2D eigenvalue weighted by Gasteiger charge is 2.28. The maximum absolute atomic E-state index is 13.2. The van der Waals surface area contributed by atoms with Crippen molar-refractivity contribution in [3.63, 3.8) is 0 Å². The van der Waals surface area contributed by atoms with Crippen LogP contribution in [0.15, 0.2) is 40.7 Å². The lowest BCUT2D eigenvalue weighted by atomic mass is 9.84. The van der Waals surface area contributed by atoms with E-state index in [-0.39, 0.29) is 18.5 Å². The van der Waals surface area contributed by atoms with Gasteiger partial charge in [0.25, 0.3) is 0 Å². The maximum Gasteiger partial charge on any atom is 0.323 e. The van der Waals surface area contributed by atoms with Crippen LogP contribution in [0.5, 0.6) is 0 Å². The maximum atomic E-state index is 13.2. The molecule has 31 heavy (non-hydrogen) atoms. The number of rotatable bonds is 10. The van der Waals surface area contributed by atoms with Crippen LogP contribution in [0.3, 0.4) is 0 Å². The molecular weight excluding hydrogens is 430 g/mol. The SMILES string of the molecule is CC[C@H]1CC[C@H](N(CCc2ccccc2)C(=O)Nc2ncc(SCCC(=O)O)s2)CC1. The van der Waals surface area contributed by atoms with Gasteiger partial charge in [0.1, 0.15) is 0 Å². The molecular formula is C23H31N3O3S2. The van der Waals surface area contributed by atoms with Gasteiger partial charge in [-0.2, -0.15) is 0 Å². The number of carboxylic acid groups (broad SMARTS) is 1. The Morgan fingerprint density at radius 3 is 2.65 bits per heavy atom. The normalized spacial score (nSPS) is 18.5. The van der Waals surface area contributed by atoms with Crippen molar-refractivity contribution in [1.82, 2.24) is 9.88 Å². The molecule has 1 aliphatic carbocycles. The topological polar surface area (TPSA) is 82.5 Å². The van der Waals surface area contributed by atoms with Gasteiger partial charge in [-0.25, -0.2) is 9.78 Å². The summed E-state index contributed by atoms with van der Waals surface area (Å²) in [6, 6.07) is 10.4. The summed E-state index contributed by atoms with van der Waals surface area (Å²) in [4.78, 5) is 30.2. The molecule has 168 valence electrons. The lowest BCUT2D eigenvalue weighted by molar-refractivity contribution is -0.136. The van der Waals surface area contributed by atoms with Crippen LogP contribution < -0.4 is 5.32 Å². The van der Waals surface area contributed by atoms with E-state index in [4.69, 9.17) is 5.11 Å². The molecule has 8 heteroatoms. The highest BCUT2D eigenvalue weighted by Crippen LogP contribution is 2.31. The average Bonchev–Trinajstić information content (AvgIpc) is 3.22. The summed E-state index contributed by atoms with van der Waals surface area (Å²) in [5.74, 6) is 0.464. The van der Waals surface area contributed by atoms with Crippen molar-refractivity contribution in [2.75, 3.05) is 17.6 Å². The van der Waals surface area contributed by atoms with Gasteiger partial charge in [0, 0.05) is 18.3 Å². The minimum absolute atomic E-state index is 0.0904. The smallest absolute Gasteiger partial charge is 0.323 e. The number of amides is 2. The van der Waals surface area contributed by atoms with Crippen LogP contribution in [0.1, 0.15) is 51.0 Å². The molecule has 1 heterocycles. The Morgan fingerprint density at radius 2 is 1.97 bits per heavy atom. The summed E-state index contributed by atoms with van der Waals surface area (Å²) in [5.41, 5.74) is 1.23. The molecule has 0 spiro atoms. The number of aromatic nitrogens is 1. The van der Waals surface area contributed by atoms with Gasteiger partial charge in [-0.1, -0.05) is 55.0 Å². The predicted molar refractivity (Wildman–Crippen MR) is 127 cm³/mol. The number of aliphatic carboxylic acids is 1. The summed E-state index contributed by atoms with van der Waals surface area (Å²) in [5, 5.41) is 12.3. The van der Waals surface area contributed by atoms with E-state index in [9.17, 15) is 9.59 Å². The number of benzene rings is 1. The van der Waals surface area contributed by atoms with Crippen LogP contribution in [0.2, 0.25) is 0 Å². The van der Waals surface area contributed by atoms with E-state index in [2.05, 4.69) is 29.4 Å². The van der Waals surface area contributed by atoms with Crippen molar-refractivity contribution in [2.24, 2.45) is 5.92 Å². The van der Waals surface area contributed by atoms with Gasteiger partial charge in [-0.05, 0) is 43.6 Å². The first-order chi connectivity index (χ1) is 15.0. The van der Waals surface area contributed by atoms with Gasteiger partial charge in [-0.3, -0.25) is 10.1 Å².